The Labute approximate surface area is 187 Å². The molecule has 2 aliphatic rings. The molecule has 2 unspecified atom stereocenters. The maximum absolute atomic E-state index is 14.3. The Balaban J connectivity index is 1.36. The summed E-state index contributed by atoms with van der Waals surface area (Å²) in [6, 6.07) is 19.5. The smallest absolute Gasteiger partial charge is 0.303 e. The number of aliphatic carboxylic acids is 1. The van der Waals surface area contributed by atoms with Gasteiger partial charge in [-0.05, 0) is 71.6 Å². The van der Waals surface area contributed by atoms with Crippen molar-refractivity contribution in [3.05, 3.63) is 94.3 Å². The van der Waals surface area contributed by atoms with Gasteiger partial charge in [0.25, 0.3) is 0 Å². The van der Waals surface area contributed by atoms with Gasteiger partial charge in [0.15, 0.2) is 0 Å². The Kier molecular flexibility index (Phi) is 5.56. The predicted octanol–water partition coefficient (Wildman–Crippen LogP) is 6.58. The fraction of sp³-hybridized carbons (Fsp3) is 0.321. The number of ether oxygens (including phenoxy) is 1. The second-order valence-corrected chi connectivity index (χ2v) is 9.18. The molecule has 32 heavy (non-hydrogen) atoms. The molecule has 3 aromatic rings. The van der Waals surface area contributed by atoms with E-state index in [4.69, 9.17) is 4.74 Å². The first kappa shape index (κ1) is 20.9. The summed E-state index contributed by atoms with van der Waals surface area (Å²) in [5.41, 5.74) is 7.12. The number of benzene rings is 3. The van der Waals surface area contributed by atoms with Gasteiger partial charge in [0.1, 0.15) is 5.82 Å². The van der Waals surface area contributed by atoms with Gasteiger partial charge < -0.3 is 9.84 Å². The molecule has 0 radical (unpaired) electrons. The Morgan fingerprint density at radius 2 is 1.84 bits per heavy atom. The quantitative estimate of drug-likeness (QED) is 0.480. The minimum absolute atomic E-state index is 0.0620. The van der Waals surface area contributed by atoms with E-state index in [0.717, 1.165) is 41.5 Å². The Morgan fingerprint density at radius 1 is 1.06 bits per heavy atom. The molecule has 164 valence electrons. The molecule has 4 heteroatoms. The van der Waals surface area contributed by atoms with Crippen LogP contribution in [0.5, 0.6) is 0 Å². The van der Waals surface area contributed by atoms with Gasteiger partial charge in [-0.2, -0.15) is 0 Å². The Bertz CT molecular complexity index is 1150. The van der Waals surface area contributed by atoms with Crippen LogP contribution in [-0.4, -0.2) is 11.1 Å². The van der Waals surface area contributed by atoms with Crippen molar-refractivity contribution in [2.45, 2.75) is 51.2 Å². The van der Waals surface area contributed by atoms with E-state index in [1.165, 1.54) is 17.2 Å². The second kappa shape index (κ2) is 8.51. The number of rotatable bonds is 6. The highest BCUT2D eigenvalue weighted by molar-refractivity contribution is 5.68. The van der Waals surface area contributed by atoms with E-state index in [1.807, 2.05) is 37.3 Å². The van der Waals surface area contributed by atoms with Gasteiger partial charge in [-0.1, -0.05) is 54.1 Å². The highest BCUT2D eigenvalue weighted by atomic mass is 19.1. The van der Waals surface area contributed by atoms with Crippen LogP contribution in [0.2, 0.25) is 0 Å². The standard InChI is InChI=1S/C28H27FO3/c1-17-2-11-26(29)25(12-17)19-5-7-20(8-6-19)27-14-23-13-21(9-10-22(23)16-32-27)24(15-28(30)31)18-3-4-18/h2,5-13,18,24,27H,3-4,14-16H2,1H3,(H,30,31). The monoisotopic (exact) mass is 430 g/mol. The minimum atomic E-state index is -0.731. The van der Waals surface area contributed by atoms with Crippen LogP contribution in [0.1, 0.15) is 59.1 Å². The molecular formula is C28H27FO3. The fourth-order valence-electron chi connectivity index (χ4n) is 4.85. The summed E-state index contributed by atoms with van der Waals surface area (Å²) in [4.78, 5) is 11.4. The topological polar surface area (TPSA) is 46.5 Å². The summed E-state index contributed by atoms with van der Waals surface area (Å²) in [6.45, 7) is 2.50. The number of aryl methyl sites for hydroxylation is 1. The lowest BCUT2D eigenvalue weighted by Gasteiger charge is -2.27. The van der Waals surface area contributed by atoms with E-state index in [-0.39, 0.29) is 24.3 Å². The van der Waals surface area contributed by atoms with Crippen molar-refractivity contribution in [2.24, 2.45) is 5.92 Å². The van der Waals surface area contributed by atoms with Crippen LogP contribution in [0.4, 0.5) is 4.39 Å². The maximum atomic E-state index is 14.3. The molecular weight excluding hydrogens is 403 g/mol. The number of carboxylic acids is 1. The molecule has 1 aliphatic heterocycles. The average molecular weight is 431 g/mol. The van der Waals surface area contributed by atoms with E-state index in [1.54, 1.807) is 6.07 Å². The number of hydrogen-bond donors (Lipinski definition) is 1. The zero-order valence-corrected chi connectivity index (χ0v) is 18.2. The van der Waals surface area contributed by atoms with Crippen LogP contribution in [0.3, 0.4) is 0 Å². The number of carbonyl (C=O) groups is 1. The molecule has 0 bridgehead atoms. The van der Waals surface area contributed by atoms with Crippen molar-refractivity contribution in [1.29, 1.82) is 0 Å². The van der Waals surface area contributed by atoms with Crippen molar-refractivity contribution in [3.8, 4) is 11.1 Å². The molecule has 2 atom stereocenters. The van der Waals surface area contributed by atoms with Crippen LogP contribution in [0, 0.1) is 18.7 Å². The third-order valence-corrected chi connectivity index (χ3v) is 6.80. The molecule has 1 N–H and O–H groups in total. The highest BCUT2D eigenvalue weighted by Gasteiger charge is 2.34. The van der Waals surface area contributed by atoms with E-state index in [9.17, 15) is 14.3 Å². The first-order valence-electron chi connectivity index (χ1n) is 11.3. The molecule has 1 fully saturated rings. The van der Waals surface area contributed by atoms with Crippen LogP contribution in [-0.2, 0) is 22.6 Å². The van der Waals surface area contributed by atoms with Gasteiger partial charge in [0.05, 0.1) is 19.1 Å². The normalized spacial score (nSPS) is 18.8. The molecule has 1 saturated carbocycles. The van der Waals surface area contributed by atoms with E-state index < -0.39 is 5.97 Å². The van der Waals surface area contributed by atoms with Gasteiger partial charge in [0.2, 0.25) is 0 Å². The fourth-order valence-corrected chi connectivity index (χ4v) is 4.85. The summed E-state index contributed by atoms with van der Waals surface area (Å²) in [5, 5.41) is 9.34. The summed E-state index contributed by atoms with van der Waals surface area (Å²) >= 11 is 0. The number of fused-ring (bicyclic) bond motifs is 1. The largest absolute Gasteiger partial charge is 0.481 e. The number of halogens is 1. The molecule has 0 saturated heterocycles. The number of hydrogen-bond acceptors (Lipinski definition) is 2. The van der Waals surface area contributed by atoms with Crippen LogP contribution in [0.25, 0.3) is 11.1 Å². The molecule has 0 aromatic heterocycles. The Morgan fingerprint density at radius 3 is 2.56 bits per heavy atom. The molecule has 3 aromatic carbocycles. The van der Waals surface area contributed by atoms with Crippen LogP contribution < -0.4 is 0 Å². The van der Waals surface area contributed by atoms with E-state index in [2.05, 4.69) is 18.2 Å². The SMILES string of the molecule is Cc1ccc(F)c(-c2ccc(C3Cc4cc(C(CC(=O)O)C5CC5)ccc4CO3)cc2)c1. The summed E-state index contributed by atoms with van der Waals surface area (Å²) in [6.07, 6.45) is 3.13. The number of carboxylic acid groups (broad SMARTS) is 1. The second-order valence-electron chi connectivity index (χ2n) is 9.18. The van der Waals surface area contributed by atoms with Crippen molar-refractivity contribution >= 4 is 5.97 Å². The third kappa shape index (κ3) is 4.33. The van der Waals surface area contributed by atoms with Crippen molar-refractivity contribution in [2.75, 3.05) is 0 Å². The summed E-state index contributed by atoms with van der Waals surface area (Å²) in [7, 11) is 0. The van der Waals surface area contributed by atoms with Gasteiger partial charge in [0, 0.05) is 12.0 Å². The molecule has 0 amide bonds. The summed E-state index contributed by atoms with van der Waals surface area (Å²) in [5.74, 6) is -0.353. The first-order chi connectivity index (χ1) is 15.5. The molecule has 5 rings (SSSR count). The Hall–Kier alpha value is -2.98. The first-order valence-corrected chi connectivity index (χ1v) is 11.3. The molecule has 1 heterocycles. The van der Waals surface area contributed by atoms with Crippen LogP contribution in [0.15, 0.2) is 60.7 Å². The van der Waals surface area contributed by atoms with Gasteiger partial charge >= 0.3 is 5.97 Å². The van der Waals surface area contributed by atoms with Crippen molar-refractivity contribution in [1.82, 2.24) is 0 Å². The lowest BCUT2D eigenvalue weighted by Crippen LogP contribution is -2.17. The molecule has 3 nitrogen and oxygen atoms in total. The third-order valence-electron chi connectivity index (χ3n) is 6.80. The summed E-state index contributed by atoms with van der Waals surface area (Å²) < 4.78 is 20.4. The van der Waals surface area contributed by atoms with Crippen LogP contribution >= 0.6 is 0 Å². The van der Waals surface area contributed by atoms with Gasteiger partial charge in [-0.15, -0.1) is 0 Å². The lowest BCUT2D eigenvalue weighted by molar-refractivity contribution is -0.137. The average Bonchev–Trinajstić information content (AvgIpc) is 3.64. The predicted molar refractivity (Wildman–Crippen MR) is 122 cm³/mol. The minimum Gasteiger partial charge on any atom is -0.481 e. The van der Waals surface area contributed by atoms with E-state index in [0.29, 0.717) is 18.1 Å². The molecule has 1 aliphatic carbocycles. The van der Waals surface area contributed by atoms with Crippen molar-refractivity contribution < 1.29 is 19.0 Å². The van der Waals surface area contributed by atoms with Crippen molar-refractivity contribution in [3.63, 3.8) is 0 Å². The highest BCUT2D eigenvalue weighted by Crippen LogP contribution is 2.45. The lowest BCUT2D eigenvalue weighted by atomic mass is 9.86. The van der Waals surface area contributed by atoms with E-state index >= 15 is 0 Å². The maximum Gasteiger partial charge on any atom is 0.303 e. The zero-order valence-electron chi connectivity index (χ0n) is 18.2. The molecule has 0 spiro atoms. The zero-order chi connectivity index (χ0) is 22.2. The van der Waals surface area contributed by atoms with Gasteiger partial charge in [-0.25, -0.2) is 4.39 Å². The van der Waals surface area contributed by atoms with Gasteiger partial charge in [-0.3, -0.25) is 4.79 Å².